The minimum atomic E-state index is -0.840. The number of carboxylic acid groups (broad SMARTS) is 1. The zero-order valence-electron chi connectivity index (χ0n) is 23.8. The molecule has 2 amide bonds. The Morgan fingerprint density at radius 2 is 1.83 bits per heavy atom. The van der Waals surface area contributed by atoms with Gasteiger partial charge in [0.05, 0.1) is 23.8 Å². The number of hydrogen-bond donors (Lipinski definition) is 4. The zero-order chi connectivity index (χ0) is 29.2. The van der Waals surface area contributed by atoms with Crippen molar-refractivity contribution in [2.45, 2.75) is 82.0 Å². The van der Waals surface area contributed by atoms with Gasteiger partial charge in [-0.25, -0.2) is 18.7 Å². The first-order chi connectivity index (χ1) is 20.4. The van der Waals surface area contributed by atoms with Gasteiger partial charge in [-0.15, -0.1) is 5.10 Å². The molecular formula is C29H38FN9O3. The maximum atomic E-state index is 14.1. The van der Waals surface area contributed by atoms with E-state index in [0.717, 1.165) is 69.8 Å². The third-order valence-corrected chi connectivity index (χ3v) is 8.77. The average Bonchev–Trinajstić information content (AvgIpc) is 3.53. The summed E-state index contributed by atoms with van der Waals surface area (Å²) in [5.74, 6) is -0.572. The van der Waals surface area contributed by atoms with Crippen LogP contribution in [0, 0.1) is 5.82 Å². The lowest BCUT2D eigenvalue weighted by molar-refractivity contribution is 0.101. The summed E-state index contributed by atoms with van der Waals surface area (Å²) < 4.78 is 15.6. The normalized spacial score (nSPS) is 22.7. The number of imidazole rings is 1. The van der Waals surface area contributed by atoms with Crippen LogP contribution in [0.15, 0.2) is 30.7 Å². The molecule has 1 saturated heterocycles. The van der Waals surface area contributed by atoms with Gasteiger partial charge in [0.2, 0.25) is 0 Å². The molecule has 6 rings (SSSR count). The molecule has 2 aliphatic carbocycles. The highest BCUT2D eigenvalue weighted by Gasteiger charge is 2.31. The largest absolute Gasteiger partial charge is 0.465 e. The summed E-state index contributed by atoms with van der Waals surface area (Å²) in [6.45, 7) is 1.65. The van der Waals surface area contributed by atoms with E-state index in [4.69, 9.17) is 5.10 Å². The van der Waals surface area contributed by atoms with Crippen molar-refractivity contribution in [2.24, 2.45) is 0 Å². The molecule has 0 radical (unpaired) electrons. The average molecular weight is 580 g/mol. The standard InChI is InChI=1S/C29H38FN9O3/c1-37-13-2-3-20(37)11-14-38(29(41)42)21-8-6-19(7-9-21)34-26-15-24(33-18-4-5-18)27-32-17-25(39(27)36-26)28(40)35-23-10-12-31-16-22(23)30/h10,12,15-21,33H,2-9,11,13-14H2,1H3,(H,34,36)(H,41,42)(H,31,35,40)/t19-,20?,21-. The van der Waals surface area contributed by atoms with Gasteiger partial charge >= 0.3 is 6.09 Å². The van der Waals surface area contributed by atoms with Crippen LogP contribution in [0.3, 0.4) is 0 Å². The molecule has 3 fully saturated rings. The second-order valence-corrected chi connectivity index (χ2v) is 11.7. The first-order valence-corrected chi connectivity index (χ1v) is 14.9. The van der Waals surface area contributed by atoms with Crippen molar-refractivity contribution in [3.8, 4) is 0 Å². The summed E-state index contributed by atoms with van der Waals surface area (Å²) in [4.78, 5) is 37.4. The number of aromatic nitrogens is 4. The Bertz CT molecular complexity index is 1440. The van der Waals surface area contributed by atoms with E-state index in [1.807, 2.05) is 6.07 Å². The summed E-state index contributed by atoms with van der Waals surface area (Å²) in [6, 6.07) is 4.24. The maximum Gasteiger partial charge on any atom is 0.407 e. The van der Waals surface area contributed by atoms with Crippen LogP contribution in [0.1, 0.15) is 68.3 Å². The Hall–Kier alpha value is -4.00. The molecule has 12 nitrogen and oxygen atoms in total. The number of likely N-dealkylation sites (tertiary alicyclic amines) is 1. The van der Waals surface area contributed by atoms with Crippen LogP contribution in [0.25, 0.3) is 5.65 Å². The van der Waals surface area contributed by atoms with E-state index in [9.17, 15) is 19.1 Å². The van der Waals surface area contributed by atoms with Crippen molar-refractivity contribution < 1.29 is 19.1 Å². The van der Waals surface area contributed by atoms with Crippen LogP contribution in [0.4, 0.5) is 26.4 Å². The van der Waals surface area contributed by atoms with Crippen LogP contribution in [-0.4, -0.2) is 90.8 Å². The molecule has 3 aliphatic rings. The number of rotatable bonds is 10. The Balaban J connectivity index is 1.14. The molecule has 3 aromatic heterocycles. The highest BCUT2D eigenvalue weighted by molar-refractivity contribution is 6.03. The number of nitrogens with one attached hydrogen (secondary N) is 3. The quantitative estimate of drug-likeness (QED) is 0.277. The fraction of sp³-hybridized carbons (Fsp3) is 0.552. The highest BCUT2D eigenvalue weighted by atomic mass is 19.1. The van der Waals surface area contributed by atoms with Gasteiger partial charge in [-0.1, -0.05) is 0 Å². The van der Waals surface area contributed by atoms with Crippen LogP contribution < -0.4 is 16.0 Å². The van der Waals surface area contributed by atoms with E-state index >= 15 is 0 Å². The second kappa shape index (κ2) is 12.1. The number of carbonyl (C=O) groups is 2. The lowest BCUT2D eigenvalue weighted by atomic mass is 9.90. The van der Waals surface area contributed by atoms with Crippen LogP contribution in [-0.2, 0) is 0 Å². The van der Waals surface area contributed by atoms with E-state index in [0.29, 0.717) is 30.1 Å². The molecule has 224 valence electrons. The van der Waals surface area contributed by atoms with Gasteiger partial charge < -0.3 is 30.9 Å². The third-order valence-electron chi connectivity index (χ3n) is 8.77. The monoisotopic (exact) mass is 579 g/mol. The number of anilines is 3. The summed E-state index contributed by atoms with van der Waals surface area (Å²) in [5, 5.41) is 24.2. The van der Waals surface area contributed by atoms with Gasteiger partial charge in [0.15, 0.2) is 17.2 Å². The molecule has 1 unspecified atom stereocenters. The van der Waals surface area contributed by atoms with Gasteiger partial charge in [-0.2, -0.15) is 0 Å². The number of hydrogen-bond acceptors (Lipinski definition) is 8. The predicted octanol–water partition coefficient (Wildman–Crippen LogP) is 4.28. The summed E-state index contributed by atoms with van der Waals surface area (Å²) in [5.41, 5.74) is 1.49. The van der Waals surface area contributed by atoms with Crippen molar-refractivity contribution in [1.82, 2.24) is 29.4 Å². The molecule has 4 N–H and O–H groups in total. The first kappa shape index (κ1) is 28.1. The van der Waals surface area contributed by atoms with E-state index in [2.05, 4.69) is 37.9 Å². The molecule has 0 aromatic carbocycles. The van der Waals surface area contributed by atoms with Gasteiger partial charge in [-0.05, 0) is 77.4 Å². The summed E-state index contributed by atoms with van der Waals surface area (Å²) in [7, 11) is 2.12. The molecule has 4 heterocycles. The Morgan fingerprint density at radius 3 is 2.52 bits per heavy atom. The van der Waals surface area contributed by atoms with E-state index < -0.39 is 17.8 Å². The number of pyridine rings is 1. The van der Waals surface area contributed by atoms with Crippen LogP contribution in [0.5, 0.6) is 0 Å². The van der Waals surface area contributed by atoms with Gasteiger partial charge in [0.1, 0.15) is 5.82 Å². The molecule has 2 saturated carbocycles. The summed E-state index contributed by atoms with van der Waals surface area (Å²) in [6.07, 6.45) is 11.5. The summed E-state index contributed by atoms with van der Waals surface area (Å²) >= 11 is 0. The van der Waals surface area contributed by atoms with Crippen molar-refractivity contribution in [3.05, 3.63) is 42.2 Å². The topological polar surface area (TPSA) is 140 Å². The number of nitrogens with zero attached hydrogens (tertiary/aromatic N) is 6. The number of amides is 2. The number of halogens is 1. The smallest absolute Gasteiger partial charge is 0.407 e. The maximum absolute atomic E-state index is 14.1. The third kappa shape index (κ3) is 6.25. The molecular weight excluding hydrogens is 541 g/mol. The minimum Gasteiger partial charge on any atom is -0.465 e. The lowest BCUT2D eigenvalue weighted by Gasteiger charge is -2.36. The molecule has 42 heavy (non-hydrogen) atoms. The fourth-order valence-electron chi connectivity index (χ4n) is 6.22. The first-order valence-electron chi connectivity index (χ1n) is 14.9. The Morgan fingerprint density at radius 1 is 1.07 bits per heavy atom. The van der Waals surface area contributed by atoms with E-state index in [1.165, 1.54) is 29.4 Å². The molecule has 0 spiro atoms. The zero-order valence-corrected chi connectivity index (χ0v) is 23.8. The Labute approximate surface area is 243 Å². The molecule has 1 atom stereocenters. The van der Waals surface area contributed by atoms with Crippen LogP contribution >= 0.6 is 0 Å². The molecule has 1 aliphatic heterocycles. The minimum absolute atomic E-state index is 0.00678. The lowest BCUT2D eigenvalue weighted by Crippen LogP contribution is -2.45. The predicted molar refractivity (Wildman–Crippen MR) is 156 cm³/mol. The van der Waals surface area contributed by atoms with Crippen molar-refractivity contribution in [1.29, 1.82) is 0 Å². The van der Waals surface area contributed by atoms with Gasteiger partial charge in [0, 0.05) is 43.0 Å². The second-order valence-electron chi connectivity index (χ2n) is 11.7. The SMILES string of the molecule is CN1CCCC1CCN(C(=O)O)[C@H]1CC[C@H](Nc2cc(NC3CC3)c3ncc(C(=O)Nc4ccncc4F)n3n2)CC1. The highest BCUT2D eigenvalue weighted by Crippen LogP contribution is 2.31. The molecule has 0 bridgehead atoms. The molecule has 13 heteroatoms. The van der Waals surface area contributed by atoms with E-state index in [-0.39, 0.29) is 23.5 Å². The van der Waals surface area contributed by atoms with Gasteiger partial charge in [0.25, 0.3) is 5.91 Å². The number of carbonyl (C=O) groups excluding carboxylic acids is 1. The van der Waals surface area contributed by atoms with Crippen LogP contribution in [0.2, 0.25) is 0 Å². The Kier molecular flexibility index (Phi) is 8.09. The fourth-order valence-corrected chi connectivity index (χ4v) is 6.22. The number of fused-ring (bicyclic) bond motifs is 1. The van der Waals surface area contributed by atoms with E-state index in [1.54, 1.807) is 4.90 Å². The van der Waals surface area contributed by atoms with Crippen molar-refractivity contribution in [3.63, 3.8) is 0 Å². The van der Waals surface area contributed by atoms with Crippen molar-refractivity contribution >= 4 is 34.8 Å². The molecule has 3 aromatic rings. The van der Waals surface area contributed by atoms with Crippen molar-refractivity contribution in [2.75, 3.05) is 36.1 Å². The van der Waals surface area contributed by atoms with Gasteiger partial charge in [-0.3, -0.25) is 9.78 Å².